The van der Waals surface area contributed by atoms with Crippen molar-refractivity contribution in [3.63, 3.8) is 0 Å². The number of esters is 1. The van der Waals surface area contributed by atoms with E-state index in [1.807, 2.05) is 0 Å². The molecule has 0 bridgehead atoms. The smallest absolute Gasteiger partial charge is 0.317 e. The zero-order valence-electron chi connectivity index (χ0n) is 5.50. The minimum atomic E-state index is -0.896. The third-order valence-corrected chi connectivity index (χ3v) is 0.893. The van der Waals surface area contributed by atoms with Gasteiger partial charge < -0.3 is 4.74 Å². The summed E-state index contributed by atoms with van der Waals surface area (Å²) in [6.07, 6.45) is -0.142. The molecule has 0 aliphatic carbocycles. The van der Waals surface area contributed by atoms with Gasteiger partial charge in [-0.3, -0.25) is 9.64 Å². The van der Waals surface area contributed by atoms with Crippen molar-refractivity contribution in [1.29, 1.82) is 5.26 Å². The molecule has 0 aromatic rings. The Bertz CT molecular complexity index is 185. The number of rotatable bonds is 2. The number of nitrogens with zero attached hydrogens (tertiary/aromatic N) is 2. The van der Waals surface area contributed by atoms with Crippen LogP contribution in [0.25, 0.3) is 4.85 Å². The molecule has 10 heavy (non-hydrogen) atoms. The molecule has 0 N–H and O–H groups in total. The van der Waals surface area contributed by atoms with Crippen LogP contribution in [0.5, 0.6) is 0 Å². The van der Waals surface area contributed by atoms with Gasteiger partial charge in [-0.2, -0.15) is 5.26 Å². The summed E-state index contributed by atoms with van der Waals surface area (Å²) < 4.78 is 4.25. The van der Waals surface area contributed by atoms with Gasteiger partial charge in [-0.15, -0.1) is 0 Å². The molecule has 0 aliphatic heterocycles. The molecule has 0 spiro atoms. The van der Waals surface area contributed by atoms with Crippen LogP contribution in [-0.4, -0.2) is 19.1 Å². The lowest BCUT2D eigenvalue weighted by Crippen LogP contribution is -2.09. The van der Waals surface area contributed by atoms with E-state index in [1.54, 1.807) is 6.07 Å². The molecule has 0 rings (SSSR count). The minimum Gasteiger partial charge on any atom is -0.469 e. The molecule has 0 saturated heterocycles. The Kier molecular flexibility index (Phi) is 3.67. The maximum atomic E-state index is 10.4. The quantitative estimate of drug-likeness (QED) is 0.409. The van der Waals surface area contributed by atoms with Gasteiger partial charge in [-0.1, -0.05) is 0 Å². The van der Waals surface area contributed by atoms with Gasteiger partial charge in [0, 0.05) is 0 Å². The molecule has 0 amide bonds. The van der Waals surface area contributed by atoms with E-state index in [4.69, 9.17) is 11.8 Å². The molecule has 0 aromatic heterocycles. The molecule has 0 radical (unpaired) electrons. The Morgan fingerprint density at radius 3 is 2.90 bits per heavy atom. The first-order valence-corrected chi connectivity index (χ1v) is 2.57. The van der Waals surface area contributed by atoms with E-state index in [2.05, 4.69) is 9.58 Å². The monoisotopic (exact) mass is 138 g/mol. The first-order chi connectivity index (χ1) is 4.74. The van der Waals surface area contributed by atoms with Crippen molar-refractivity contribution in [3.8, 4) is 6.07 Å². The lowest BCUT2D eigenvalue weighted by molar-refractivity contribution is -0.140. The number of carbonyl (C=O) groups is 1. The lowest BCUT2D eigenvalue weighted by Gasteiger charge is -1.93. The number of nitriles is 1. The Labute approximate surface area is 58.8 Å². The number of hydrogen-bond donors (Lipinski definition) is 0. The molecule has 0 aliphatic rings. The van der Waals surface area contributed by atoms with Gasteiger partial charge in [-0.05, 0) is 0 Å². The summed E-state index contributed by atoms with van der Waals surface area (Å²) in [5.41, 5.74) is 0. The van der Waals surface area contributed by atoms with Crippen LogP contribution in [0.3, 0.4) is 0 Å². The van der Waals surface area contributed by atoms with Gasteiger partial charge in [0.05, 0.1) is 7.11 Å². The van der Waals surface area contributed by atoms with Gasteiger partial charge in [0.25, 0.3) is 0 Å². The summed E-state index contributed by atoms with van der Waals surface area (Å²) >= 11 is 0. The van der Waals surface area contributed by atoms with Gasteiger partial charge in [0.15, 0.2) is 6.07 Å². The molecular formula is C6H6N2O2. The third-order valence-electron chi connectivity index (χ3n) is 0.893. The number of carbonyl (C=O) groups excluding carboxylic acids is 1. The lowest BCUT2D eigenvalue weighted by atomic mass is 10.2. The average Bonchev–Trinajstić information content (AvgIpc) is 1.99. The molecule has 1 atom stereocenters. The van der Waals surface area contributed by atoms with Crippen LogP contribution < -0.4 is 0 Å². The van der Waals surface area contributed by atoms with E-state index in [-0.39, 0.29) is 6.42 Å². The van der Waals surface area contributed by atoms with Gasteiger partial charge in [0.1, 0.15) is 6.42 Å². The maximum absolute atomic E-state index is 10.4. The maximum Gasteiger partial charge on any atom is 0.317 e. The molecule has 4 nitrogen and oxygen atoms in total. The zero-order valence-corrected chi connectivity index (χ0v) is 5.50. The van der Waals surface area contributed by atoms with E-state index in [9.17, 15) is 4.79 Å². The van der Waals surface area contributed by atoms with E-state index in [0.29, 0.717) is 0 Å². The second-order valence-electron chi connectivity index (χ2n) is 1.55. The van der Waals surface area contributed by atoms with Crippen molar-refractivity contribution in [2.45, 2.75) is 12.5 Å². The summed E-state index contributed by atoms with van der Waals surface area (Å²) in [6.45, 7) is 6.42. The molecule has 0 fully saturated rings. The van der Waals surface area contributed by atoms with Crippen LogP contribution in [0.2, 0.25) is 0 Å². The van der Waals surface area contributed by atoms with Crippen LogP contribution in [0.1, 0.15) is 6.42 Å². The molecular weight excluding hydrogens is 132 g/mol. The molecule has 52 valence electrons. The Morgan fingerprint density at radius 1 is 2.00 bits per heavy atom. The van der Waals surface area contributed by atoms with E-state index in [1.165, 1.54) is 7.11 Å². The minimum absolute atomic E-state index is 0.142. The predicted octanol–water partition coefficient (Wildman–Crippen LogP) is 0.361. The average molecular weight is 138 g/mol. The topological polar surface area (TPSA) is 54.5 Å². The fourth-order valence-electron chi connectivity index (χ4n) is 0.361. The largest absolute Gasteiger partial charge is 0.469 e. The van der Waals surface area contributed by atoms with Crippen LogP contribution >= 0.6 is 0 Å². The van der Waals surface area contributed by atoms with Gasteiger partial charge in [0.2, 0.25) is 0 Å². The highest BCUT2D eigenvalue weighted by atomic mass is 16.5. The van der Waals surface area contributed by atoms with Gasteiger partial charge >= 0.3 is 12.0 Å². The highest BCUT2D eigenvalue weighted by Crippen LogP contribution is 1.96. The highest BCUT2D eigenvalue weighted by molar-refractivity contribution is 5.70. The van der Waals surface area contributed by atoms with Crippen molar-refractivity contribution < 1.29 is 9.53 Å². The second-order valence-corrected chi connectivity index (χ2v) is 1.55. The molecule has 0 aromatic carbocycles. The molecule has 0 heterocycles. The number of methoxy groups -OCH3 is 1. The number of hydrogen-bond acceptors (Lipinski definition) is 3. The molecule has 4 heteroatoms. The van der Waals surface area contributed by atoms with Crippen molar-refractivity contribution in [2.75, 3.05) is 7.11 Å². The first kappa shape index (κ1) is 8.45. The van der Waals surface area contributed by atoms with Gasteiger partial charge in [-0.25, -0.2) is 6.57 Å². The Morgan fingerprint density at radius 2 is 2.60 bits per heavy atom. The SMILES string of the molecule is [C-]#[N+]C(C#N)CC(=O)OC. The highest BCUT2D eigenvalue weighted by Gasteiger charge is 2.16. The first-order valence-electron chi connectivity index (χ1n) is 2.57. The summed E-state index contributed by atoms with van der Waals surface area (Å²) in [4.78, 5) is 13.3. The molecule has 0 saturated carbocycles. The Balaban J connectivity index is 3.81. The second kappa shape index (κ2) is 4.34. The Hall–Kier alpha value is -1.55. The van der Waals surface area contributed by atoms with Crippen LogP contribution in [0.4, 0.5) is 0 Å². The summed E-state index contributed by atoms with van der Waals surface area (Å²) in [5.74, 6) is -0.525. The fourth-order valence-corrected chi connectivity index (χ4v) is 0.361. The standard InChI is InChI=1S/C6H6N2O2/c1-8-5(4-7)3-6(9)10-2/h5H,3H2,2H3. The van der Waals surface area contributed by atoms with Crippen molar-refractivity contribution in [1.82, 2.24) is 0 Å². The van der Waals surface area contributed by atoms with Crippen LogP contribution in [0.15, 0.2) is 0 Å². The fraction of sp³-hybridized carbons (Fsp3) is 0.500. The van der Waals surface area contributed by atoms with E-state index >= 15 is 0 Å². The predicted molar refractivity (Wildman–Crippen MR) is 32.6 cm³/mol. The van der Waals surface area contributed by atoms with Crippen molar-refractivity contribution in [3.05, 3.63) is 11.4 Å². The third kappa shape index (κ3) is 2.68. The summed E-state index contributed by atoms with van der Waals surface area (Å²) in [5, 5.41) is 8.20. The van der Waals surface area contributed by atoms with Crippen molar-refractivity contribution >= 4 is 5.97 Å². The zero-order chi connectivity index (χ0) is 7.98. The molecule has 1 unspecified atom stereocenters. The van der Waals surface area contributed by atoms with E-state index in [0.717, 1.165) is 0 Å². The normalized spacial score (nSPS) is 10.7. The number of ether oxygens (including phenoxy) is 1. The van der Waals surface area contributed by atoms with E-state index < -0.39 is 12.0 Å². The summed E-state index contributed by atoms with van der Waals surface area (Å²) in [6, 6.07) is 0.766. The van der Waals surface area contributed by atoms with Crippen molar-refractivity contribution in [2.24, 2.45) is 0 Å². The summed E-state index contributed by atoms with van der Waals surface area (Å²) in [7, 11) is 1.22. The van der Waals surface area contributed by atoms with Crippen LogP contribution in [0, 0.1) is 17.9 Å². The van der Waals surface area contributed by atoms with Crippen LogP contribution in [-0.2, 0) is 9.53 Å².